The smallest absolute Gasteiger partial charge is 0.326 e. The zero-order valence-corrected chi connectivity index (χ0v) is 28.5. The summed E-state index contributed by atoms with van der Waals surface area (Å²) in [7, 11) is -3.96. The van der Waals surface area contributed by atoms with Gasteiger partial charge in [0.05, 0.1) is 23.0 Å². The molecule has 0 unspecified atom stereocenters. The Hall–Kier alpha value is -4.31. The minimum atomic E-state index is -3.96. The van der Waals surface area contributed by atoms with E-state index in [1.165, 1.54) is 0 Å². The van der Waals surface area contributed by atoms with Crippen LogP contribution in [0, 0.1) is 5.41 Å². The number of anilines is 1. The molecule has 1 amide bonds. The molecule has 1 saturated heterocycles. The highest BCUT2D eigenvalue weighted by atomic mass is 35.5. The standard InChI is InChI=1S/C36H34Cl2N4O4S/c1-36(2,3)16-17-46-30-9-4-6-26(19-30)25-12-10-24(11-13-25)18-34-39-33(31-15-14-27(37)20-32(31)38)22-41(34)28-7-5-8-29(21-28)42-23-35(43)40-47(42,44)45/h4-15,19-22H,16-18,23H2,1-3H3,(H,40,43). The lowest BCUT2D eigenvalue weighted by Gasteiger charge is -2.18. The van der Waals surface area contributed by atoms with Gasteiger partial charge in [0.25, 0.3) is 5.91 Å². The van der Waals surface area contributed by atoms with Gasteiger partial charge in [-0.05, 0) is 77.1 Å². The number of benzene rings is 4. The van der Waals surface area contributed by atoms with Crippen LogP contribution in [0.4, 0.5) is 5.69 Å². The van der Waals surface area contributed by atoms with Crippen molar-refractivity contribution in [3.05, 3.63) is 119 Å². The first kappa shape index (κ1) is 32.6. The van der Waals surface area contributed by atoms with Gasteiger partial charge in [-0.3, -0.25) is 4.79 Å². The fourth-order valence-electron chi connectivity index (χ4n) is 5.31. The first-order chi connectivity index (χ1) is 22.3. The van der Waals surface area contributed by atoms with E-state index in [9.17, 15) is 13.2 Å². The number of hydrogen-bond acceptors (Lipinski definition) is 5. The maximum absolute atomic E-state index is 12.6. The van der Waals surface area contributed by atoms with Gasteiger partial charge in [0.2, 0.25) is 0 Å². The maximum atomic E-state index is 12.6. The number of amides is 1. The van der Waals surface area contributed by atoms with Crippen LogP contribution >= 0.6 is 23.2 Å². The number of aromatic nitrogens is 2. The summed E-state index contributed by atoms with van der Waals surface area (Å²) in [4.78, 5) is 16.9. The molecule has 1 aliphatic rings. The van der Waals surface area contributed by atoms with Crippen LogP contribution in [0.25, 0.3) is 28.1 Å². The minimum absolute atomic E-state index is 0.208. The van der Waals surface area contributed by atoms with Crippen molar-refractivity contribution in [2.45, 2.75) is 33.6 Å². The Bertz CT molecular complexity index is 2050. The highest BCUT2D eigenvalue weighted by Crippen LogP contribution is 2.33. The van der Waals surface area contributed by atoms with E-state index in [2.05, 4.69) is 57.2 Å². The summed E-state index contributed by atoms with van der Waals surface area (Å²) >= 11 is 12.7. The van der Waals surface area contributed by atoms with Gasteiger partial charge >= 0.3 is 10.2 Å². The lowest BCUT2D eigenvalue weighted by atomic mass is 9.93. The third kappa shape index (κ3) is 7.64. The molecule has 242 valence electrons. The van der Waals surface area contributed by atoms with Gasteiger partial charge in [-0.2, -0.15) is 8.42 Å². The van der Waals surface area contributed by atoms with Crippen LogP contribution in [0.15, 0.2) is 97.2 Å². The van der Waals surface area contributed by atoms with Gasteiger partial charge in [-0.25, -0.2) is 14.0 Å². The molecule has 1 N–H and O–H groups in total. The SMILES string of the molecule is CC(C)(C)CCOc1cccc(-c2ccc(Cc3nc(-c4ccc(Cl)cc4Cl)cn3-c3cccc(N4CC(=O)NS4(=O)=O)c3)cc2)c1. The van der Waals surface area contributed by atoms with Crippen molar-refractivity contribution < 1.29 is 17.9 Å². The predicted molar refractivity (Wildman–Crippen MR) is 188 cm³/mol. The van der Waals surface area contributed by atoms with E-state index in [0.29, 0.717) is 51.5 Å². The van der Waals surface area contributed by atoms with Crippen LogP contribution in [0.1, 0.15) is 38.6 Å². The van der Waals surface area contributed by atoms with Gasteiger partial charge < -0.3 is 9.30 Å². The second kappa shape index (κ2) is 13.1. The third-order valence-corrected chi connectivity index (χ3v) is 9.76. The molecular formula is C36H34Cl2N4O4S. The predicted octanol–water partition coefficient (Wildman–Crippen LogP) is 8.10. The highest BCUT2D eigenvalue weighted by molar-refractivity contribution is 7.92. The monoisotopic (exact) mass is 688 g/mol. The van der Waals surface area contributed by atoms with Crippen LogP contribution in [0.2, 0.25) is 10.0 Å². The van der Waals surface area contributed by atoms with Crippen molar-refractivity contribution in [1.29, 1.82) is 0 Å². The van der Waals surface area contributed by atoms with Gasteiger partial charge in [-0.15, -0.1) is 0 Å². The molecule has 0 atom stereocenters. The van der Waals surface area contributed by atoms with E-state index in [-0.39, 0.29) is 12.0 Å². The summed E-state index contributed by atoms with van der Waals surface area (Å²) in [6.45, 7) is 6.98. The molecule has 1 aromatic heterocycles. The first-order valence-corrected chi connectivity index (χ1v) is 17.3. The molecule has 6 rings (SSSR count). The largest absolute Gasteiger partial charge is 0.494 e. The molecule has 0 spiro atoms. The molecule has 11 heteroatoms. The van der Waals surface area contributed by atoms with Crippen molar-refractivity contribution in [3.63, 3.8) is 0 Å². The molecule has 1 aliphatic heterocycles. The topological polar surface area (TPSA) is 93.5 Å². The molecule has 47 heavy (non-hydrogen) atoms. The first-order valence-electron chi connectivity index (χ1n) is 15.1. The molecule has 0 radical (unpaired) electrons. The lowest BCUT2D eigenvalue weighted by molar-refractivity contribution is -0.117. The second-order valence-corrected chi connectivity index (χ2v) is 15.1. The Kier molecular flexibility index (Phi) is 9.07. The maximum Gasteiger partial charge on any atom is 0.326 e. The van der Waals surface area contributed by atoms with Crippen LogP contribution in [-0.4, -0.2) is 37.0 Å². The summed E-state index contributed by atoms with van der Waals surface area (Å²) in [6, 6.07) is 28.6. The van der Waals surface area contributed by atoms with Gasteiger partial charge in [0.1, 0.15) is 18.1 Å². The van der Waals surface area contributed by atoms with Crippen molar-refractivity contribution in [2.24, 2.45) is 5.41 Å². The molecule has 5 aromatic rings. The zero-order chi connectivity index (χ0) is 33.3. The number of imidazole rings is 1. The fourth-order valence-corrected chi connectivity index (χ4v) is 6.95. The highest BCUT2D eigenvalue weighted by Gasteiger charge is 2.34. The van der Waals surface area contributed by atoms with Gasteiger partial charge in [0, 0.05) is 28.9 Å². The molecule has 0 saturated carbocycles. The normalized spacial score (nSPS) is 14.3. The summed E-state index contributed by atoms with van der Waals surface area (Å²) in [5.41, 5.74) is 5.75. The number of halogens is 2. The molecule has 0 aliphatic carbocycles. The van der Waals surface area contributed by atoms with Crippen molar-refractivity contribution in [1.82, 2.24) is 14.3 Å². The second-order valence-electron chi connectivity index (χ2n) is 12.7. The number of carbonyl (C=O) groups is 1. The van der Waals surface area contributed by atoms with Crippen molar-refractivity contribution in [3.8, 4) is 33.8 Å². The van der Waals surface area contributed by atoms with Crippen molar-refractivity contribution in [2.75, 3.05) is 17.5 Å². The molecular weight excluding hydrogens is 655 g/mol. The Morgan fingerprint density at radius 2 is 1.64 bits per heavy atom. The van der Waals surface area contributed by atoms with Crippen LogP contribution in [-0.2, 0) is 21.4 Å². The summed E-state index contributed by atoms with van der Waals surface area (Å²) in [6.07, 6.45) is 3.31. The van der Waals surface area contributed by atoms with Crippen molar-refractivity contribution >= 4 is 45.0 Å². The van der Waals surface area contributed by atoms with E-state index in [1.54, 1.807) is 30.3 Å². The van der Waals surface area contributed by atoms with Crippen LogP contribution in [0.5, 0.6) is 5.75 Å². The van der Waals surface area contributed by atoms with E-state index < -0.39 is 16.1 Å². The average Bonchev–Trinajstić information content (AvgIpc) is 3.55. The van der Waals surface area contributed by atoms with Gasteiger partial charge in [-0.1, -0.05) is 86.4 Å². The summed E-state index contributed by atoms with van der Waals surface area (Å²) in [5, 5.41) is 0.979. The van der Waals surface area contributed by atoms with E-state index in [4.69, 9.17) is 32.9 Å². The number of ether oxygens (including phenoxy) is 1. The molecule has 1 fully saturated rings. The average molecular weight is 690 g/mol. The van der Waals surface area contributed by atoms with E-state index >= 15 is 0 Å². The number of rotatable bonds is 9. The molecule has 8 nitrogen and oxygen atoms in total. The Morgan fingerprint density at radius 3 is 2.34 bits per heavy atom. The lowest BCUT2D eigenvalue weighted by Crippen LogP contribution is -2.29. The number of hydrogen-bond donors (Lipinski definition) is 1. The van der Waals surface area contributed by atoms with E-state index in [1.807, 2.05) is 39.8 Å². The third-order valence-electron chi connectivity index (χ3n) is 7.81. The molecule has 0 bridgehead atoms. The van der Waals surface area contributed by atoms with Crippen LogP contribution < -0.4 is 13.8 Å². The van der Waals surface area contributed by atoms with E-state index in [0.717, 1.165) is 33.2 Å². The number of nitrogens with one attached hydrogen (secondary N) is 1. The molecule has 4 aromatic carbocycles. The summed E-state index contributed by atoms with van der Waals surface area (Å²) < 4.78 is 36.1. The fraction of sp³-hybridized carbons (Fsp3) is 0.222. The zero-order valence-electron chi connectivity index (χ0n) is 26.2. The summed E-state index contributed by atoms with van der Waals surface area (Å²) in [5.74, 6) is 0.973. The number of carbonyl (C=O) groups excluding carboxylic acids is 1. The quantitative estimate of drug-likeness (QED) is 0.169. The Morgan fingerprint density at radius 1 is 0.894 bits per heavy atom. The Labute approximate surface area is 285 Å². The van der Waals surface area contributed by atoms with Gasteiger partial charge in [0.15, 0.2) is 0 Å². The minimum Gasteiger partial charge on any atom is -0.494 e. The number of nitrogens with zero attached hydrogens (tertiary/aromatic N) is 3. The van der Waals surface area contributed by atoms with Crippen LogP contribution in [0.3, 0.4) is 0 Å². The molecule has 2 heterocycles. The Balaban J connectivity index is 1.31.